The monoisotopic (exact) mass is 466 g/mol. The van der Waals surface area contributed by atoms with Crippen molar-refractivity contribution in [1.29, 1.82) is 5.26 Å². The van der Waals surface area contributed by atoms with Gasteiger partial charge in [-0.15, -0.1) is 0 Å². The molecule has 0 saturated carbocycles. The van der Waals surface area contributed by atoms with E-state index in [1.807, 2.05) is 60.7 Å². The number of nitriles is 1. The van der Waals surface area contributed by atoms with Crippen LogP contribution < -0.4 is 19.9 Å². The normalized spacial score (nSPS) is 14.6. The molecule has 0 aliphatic carbocycles. The molecule has 1 atom stereocenters. The topological polar surface area (TPSA) is 116 Å². The Balaban J connectivity index is 1.85. The molecule has 1 aromatic heterocycles. The fourth-order valence-corrected chi connectivity index (χ4v) is 4.31. The summed E-state index contributed by atoms with van der Waals surface area (Å²) in [6, 6.07) is 24.7. The van der Waals surface area contributed by atoms with Gasteiger partial charge >= 0.3 is 0 Å². The van der Waals surface area contributed by atoms with Crippen LogP contribution in [-0.4, -0.2) is 29.1 Å². The molecule has 1 aliphatic rings. The Morgan fingerprint density at radius 2 is 1.60 bits per heavy atom. The Labute approximate surface area is 202 Å². The van der Waals surface area contributed by atoms with Crippen LogP contribution >= 0.6 is 0 Å². The number of allylic oxidation sites excluding steroid dienone is 1. The van der Waals surface area contributed by atoms with Gasteiger partial charge in [0.1, 0.15) is 17.3 Å². The van der Waals surface area contributed by atoms with Crippen molar-refractivity contribution in [2.24, 2.45) is 5.73 Å². The zero-order valence-corrected chi connectivity index (χ0v) is 19.1. The third kappa shape index (κ3) is 3.60. The van der Waals surface area contributed by atoms with Crippen LogP contribution in [0, 0.1) is 11.3 Å². The highest BCUT2D eigenvalue weighted by Crippen LogP contribution is 2.50. The van der Waals surface area contributed by atoms with E-state index in [-0.39, 0.29) is 28.7 Å². The summed E-state index contributed by atoms with van der Waals surface area (Å²) >= 11 is 0. The summed E-state index contributed by atoms with van der Waals surface area (Å²) in [7, 11) is 2.90. The van der Waals surface area contributed by atoms with Crippen LogP contribution in [0.2, 0.25) is 0 Å². The molecule has 0 saturated heterocycles. The zero-order chi connectivity index (χ0) is 24.5. The first kappa shape index (κ1) is 21.9. The predicted octanol–water partition coefficient (Wildman–Crippen LogP) is 4.48. The maximum atomic E-state index is 10.5. The van der Waals surface area contributed by atoms with Crippen molar-refractivity contribution < 1.29 is 19.3 Å². The summed E-state index contributed by atoms with van der Waals surface area (Å²) in [6.45, 7) is 0. The predicted molar refractivity (Wildman–Crippen MR) is 130 cm³/mol. The summed E-state index contributed by atoms with van der Waals surface area (Å²) in [5.41, 5.74) is 10.1. The molecule has 0 unspecified atom stereocenters. The first-order chi connectivity index (χ1) is 17.1. The van der Waals surface area contributed by atoms with Gasteiger partial charge < -0.3 is 25.1 Å². The van der Waals surface area contributed by atoms with Crippen molar-refractivity contribution in [3.8, 4) is 46.1 Å². The molecule has 5 rings (SSSR count). The summed E-state index contributed by atoms with van der Waals surface area (Å²) in [4.78, 5) is 0. The highest BCUT2D eigenvalue weighted by Gasteiger charge is 2.38. The highest BCUT2D eigenvalue weighted by molar-refractivity contribution is 5.73. The Morgan fingerprint density at radius 1 is 1.00 bits per heavy atom. The van der Waals surface area contributed by atoms with Gasteiger partial charge in [-0.1, -0.05) is 48.5 Å². The number of methoxy groups -OCH3 is 2. The number of hydrogen-bond donors (Lipinski definition) is 2. The molecule has 8 heteroatoms. The number of nitrogens with two attached hydrogens (primary N) is 1. The molecular weight excluding hydrogens is 444 g/mol. The van der Waals surface area contributed by atoms with Crippen LogP contribution in [0.15, 0.2) is 84.3 Å². The van der Waals surface area contributed by atoms with Crippen LogP contribution in [0.3, 0.4) is 0 Å². The molecule has 0 bridgehead atoms. The van der Waals surface area contributed by atoms with E-state index in [2.05, 4.69) is 6.07 Å². The fourth-order valence-electron chi connectivity index (χ4n) is 4.31. The maximum Gasteiger partial charge on any atom is 0.229 e. The van der Waals surface area contributed by atoms with Crippen molar-refractivity contribution in [3.05, 3.63) is 95.4 Å². The SMILES string of the molecule is COc1cc([C@H]2C(C#N)=C(N)Oc3c2c(-c2ccccc2)nn3-c2ccccc2)cc(OC)c1O. The number of rotatable bonds is 5. The van der Waals surface area contributed by atoms with E-state index in [1.165, 1.54) is 14.2 Å². The number of phenolic OH excluding ortho intramolecular Hbond substituents is 1. The van der Waals surface area contributed by atoms with Gasteiger partial charge in [-0.2, -0.15) is 15.0 Å². The Bertz CT molecular complexity index is 1450. The van der Waals surface area contributed by atoms with Crippen LogP contribution in [0.1, 0.15) is 17.0 Å². The van der Waals surface area contributed by atoms with Gasteiger partial charge in [0.25, 0.3) is 0 Å². The third-order valence-electron chi connectivity index (χ3n) is 5.93. The van der Waals surface area contributed by atoms with E-state index in [9.17, 15) is 10.4 Å². The number of phenols is 1. The molecule has 8 nitrogen and oxygen atoms in total. The van der Waals surface area contributed by atoms with Crippen LogP contribution in [0.4, 0.5) is 0 Å². The van der Waals surface area contributed by atoms with Gasteiger partial charge in [0, 0.05) is 5.56 Å². The molecule has 174 valence electrons. The van der Waals surface area contributed by atoms with E-state index in [1.54, 1.807) is 16.8 Å². The lowest BCUT2D eigenvalue weighted by Crippen LogP contribution is -2.22. The summed E-state index contributed by atoms with van der Waals surface area (Å²) in [5.74, 6) is 0.0137. The second-order valence-corrected chi connectivity index (χ2v) is 7.88. The molecule has 0 radical (unpaired) electrons. The van der Waals surface area contributed by atoms with Gasteiger partial charge in [-0.05, 0) is 29.8 Å². The zero-order valence-electron chi connectivity index (χ0n) is 19.1. The van der Waals surface area contributed by atoms with Gasteiger partial charge in [-0.25, -0.2) is 0 Å². The Kier molecular flexibility index (Phi) is 5.51. The summed E-state index contributed by atoms with van der Waals surface area (Å²) in [6.07, 6.45) is 0. The molecule has 1 aliphatic heterocycles. The number of benzene rings is 3. The van der Waals surface area contributed by atoms with E-state index < -0.39 is 5.92 Å². The van der Waals surface area contributed by atoms with Crippen molar-refractivity contribution >= 4 is 0 Å². The molecule has 4 aromatic rings. The van der Waals surface area contributed by atoms with Crippen LogP contribution in [0.25, 0.3) is 16.9 Å². The smallest absolute Gasteiger partial charge is 0.229 e. The van der Waals surface area contributed by atoms with Gasteiger partial charge in [-0.3, -0.25) is 0 Å². The second kappa shape index (κ2) is 8.80. The summed E-state index contributed by atoms with van der Waals surface area (Å²) in [5, 5.41) is 25.5. The maximum absolute atomic E-state index is 10.5. The number of aromatic hydroxyl groups is 1. The molecule has 0 amide bonds. The number of hydrogen-bond acceptors (Lipinski definition) is 7. The lowest BCUT2D eigenvalue weighted by molar-refractivity contribution is 0.338. The minimum Gasteiger partial charge on any atom is -0.502 e. The Hall–Kier alpha value is -4.90. The molecule has 2 heterocycles. The Morgan fingerprint density at radius 3 is 2.17 bits per heavy atom. The minimum absolute atomic E-state index is 0.0206. The quantitative estimate of drug-likeness (QED) is 0.445. The average Bonchev–Trinajstić information content (AvgIpc) is 3.28. The lowest BCUT2D eigenvalue weighted by Gasteiger charge is -2.26. The van der Waals surface area contributed by atoms with Crippen LogP contribution in [0.5, 0.6) is 23.1 Å². The first-order valence-electron chi connectivity index (χ1n) is 10.8. The number of nitrogens with zero attached hydrogens (tertiary/aromatic N) is 3. The second-order valence-electron chi connectivity index (χ2n) is 7.88. The number of aromatic nitrogens is 2. The molecular formula is C27H22N4O4. The highest BCUT2D eigenvalue weighted by atomic mass is 16.5. The molecule has 0 spiro atoms. The van der Waals surface area contributed by atoms with Gasteiger partial charge in [0.2, 0.25) is 17.5 Å². The van der Waals surface area contributed by atoms with Crippen LogP contribution in [-0.2, 0) is 0 Å². The van der Waals surface area contributed by atoms with E-state index in [4.69, 9.17) is 25.0 Å². The van der Waals surface area contributed by atoms with Crippen molar-refractivity contribution in [1.82, 2.24) is 9.78 Å². The van der Waals surface area contributed by atoms with E-state index in [0.29, 0.717) is 22.7 Å². The van der Waals surface area contributed by atoms with Crippen molar-refractivity contribution in [2.75, 3.05) is 14.2 Å². The van der Waals surface area contributed by atoms with Crippen molar-refractivity contribution in [2.45, 2.75) is 5.92 Å². The van der Waals surface area contributed by atoms with Crippen molar-refractivity contribution in [3.63, 3.8) is 0 Å². The van der Waals surface area contributed by atoms with E-state index >= 15 is 0 Å². The number of para-hydroxylation sites is 1. The first-order valence-corrected chi connectivity index (χ1v) is 10.8. The third-order valence-corrected chi connectivity index (χ3v) is 5.93. The standard InChI is InChI=1S/C27H22N4O4/c1-33-20-13-17(14-21(34-2)25(20)32)22-19(15-28)26(29)35-27-23(22)24(16-9-5-3-6-10-16)30-31(27)18-11-7-4-8-12-18/h3-14,22,32H,29H2,1-2H3/t22-/m0/s1. The molecule has 3 aromatic carbocycles. The minimum atomic E-state index is -0.653. The number of ether oxygens (including phenoxy) is 3. The van der Waals surface area contributed by atoms with Gasteiger partial charge in [0.15, 0.2) is 11.5 Å². The lowest BCUT2D eigenvalue weighted by atomic mass is 9.82. The largest absolute Gasteiger partial charge is 0.502 e. The number of fused-ring (bicyclic) bond motifs is 1. The molecule has 3 N–H and O–H groups in total. The van der Waals surface area contributed by atoms with E-state index in [0.717, 1.165) is 11.3 Å². The van der Waals surface area contributed by atoms with Gasteiger partial charge in [0.05, 0.1) is 31.4 Å². The summed E-state index contributed by atoms with van der Waals surface area (Å²) < 4.78 is 18.5. The molecule has 35 heavy (non-hydrogen) atoms. The molecule has 0 fully saturated rings. The fraction of sp³-hybridized carbons (Fsp3) is 0.111. The average molecular weight is 466 g/mol.